The van der Waals surface area contributed by atoms with Crippen LogP contribution < -0.4 is 5.32 Å². The summed E-state index contributed by atoms with van der Waals surface area (Å²) in [5, 5.41) is 4.01. The number of hydrogen-bond acceptors (Lipinski definition) is 2. The summed E-state index contributed by atoms with van der Waals surface area (Å²) in [6.07, 6.45) is 17.0. The molecule has 0 aromatic carbocycles. The zero-order chi connectivity index (χ0) is 15.5. The summed E-state index contributed by atoms with van der Waals surface area (Å²) in [5.74, 6) is 7.01. The molecule has 1 atom stereocenters. The Balaban J connectivity index is 1.20. The Morgan fingerprint density at radius 1 is 0.625 bits per heavy atom. The first kappa shape index (κ1) is 14.0. The number of nitrogens with one attached hydrogen (secondary N) is 1. The molecule has 2 heteroatoms. The third-order valence-corrected chi connectivity index (χ3v) is 10.1. The molecule has 0 radical (unpaired) electrons. The molecule has 1 N–H and O–H groups in total. The summed E-state index contributed by atoms with van der Waals surface area (Å²) in [6.45, 7) is 1.19. The van der Waals surface area contributed by atoms with Gasteiger partial charge in [-0.15, -0.1) is 0 Å². The van der Waals surface area contributed by atoms with Crippen molar-refractivity contribution in [2.24, 2.45) is 46.8 Å². The standard InChI is InChI=1S/C22H33NO/c1-13-5-18-7-14(1)8-19(6-13)22(18)12-23-20(24-22)21-9-15-2-16(10-21)4-17(3-15)11-21/h13-20,23H,1-12H2. The third kappa shape index (κ3) is 1.66. The molecule has 1 aliphatic heterocycles. The molecule has 8 bridgehead atoms. The first-order chi connectivity index (χ1) is 11.7. The smallest absolute Gasteiger partial charge is 0.114 e. The van der Waals surface area contributed by atoms with E-state index in [1.165, 1.54) is 51.5 Å². The Hall–Kier alpha value is -0.0800. The topological polar surface area (TPSA) is 21.3 Å². The maximum absolute atomic E-state index is 7.20. The zero-order valence-corrected chi connectivity index (χ0v) is 15.0. The van der Waals surface area contributed by atoms with Crippen LogP contribution in [0, 0.1) is 46.8 Å². The van der Waals surface area contributed by atoms with Crippen LogP contribution in [0.25, 0.3) is 0 Å². The van der Waals surface area contributed by atoms with Gasteiger partial charge in [0.15, 0.2) is 0 Å². The molecule has 132 valence electrons. The molecule has 0 aromatic rings. The number of rotatable bonds is 1. The SMILES string of the molecule is C1C2CC3CC1CC(C2)C31CNC(C23CC4CC(CC(C4)C2)C3)O1. The van der Waals surface area contributed by atoms with E-state index in [9.17, 15) is 0 Å². The Morgan fingerprint density at radius 2 is 1.12 bits per heavy atom. The second-order valence-corrected chi connectivity index (χ2v) is 11.4. The minimum atomic E-state index is 0.251. The van der Waals surface area contributed by atoms with E-state index in [-0.39, 0.29) is 5.60 Å². The molecule has 0 aromatic heterocycles. The van der Waals surface area contributed by atoms with Crippen molar-refractivity contribution < 1.29 is 4.74 Å². The van der Waals surface area contributed by atoms with Gasteiger partial charge < -0.3 is 4.74 Å². The molecule has 0 amide bonds. The first-order valence-corrected chi connectivity index (χ1v) is 11.1. The van der Waals surface area contributed by atoms with Crippen LogP contribution in [-0.4, -0.2) is 18.4 Å². The van der Waals surface area contributed by atoms with E-state index >= 15 is 0 Å². The fourth-order valence-electron chi connectivity index (χ4n) is 9.86. The molecule has 9 aliphatic rings. The van der Waals surface area contributed by atoms with Crippen molar-refractivity contribution in [1.29, 1.82) is 0 Å². The van der Waals surface area contributed by atoms with Crippen LogP contribution in [0.5, 0.6) is 0 Å². The average Bonchev–Trinajstić information content (AvgIpc) is 2.98. The molecule has 8 aliphatic carbocycles. The lowest BCUT2D eigenvalue weighted by molar-refractivity contribution is -0.227. The Morgan fingerprint density at radius 3 is 1.67 bits per heavy atom. The van der Waals surface area contributed by atoms with Crippen LogP contribution in [0.1, 0.15) is 70.6 Å². The van der Waals surface area contributed by atoms with Crippen LogP contribution in [-0.2, 0) is 4.74 Å². The minimum absolute atomic E-state index is 0.251. The Kier molecular flexibility index (Phi) is 2.58. The van der Waals surface area contributed by atoms with E-state index in [4.69, 9.17) is 4.74 Å². The zero-order valence-electron chi connectivity index (χ0n) is 15.0. The molecule has 1 saturated heterocycles. The first-order valence-electron chi connectivity index (χ1n) is 11.1. The third-order valence-electron chi connectivity index (χ3n) is 10.1. The molecular formula is C22H33NO. The average molecular weight is 328 g/mol. The van der Waals surface area contributed by atoms with Crippen LogP contribution in [0.4, 0.5) is 0 Å². The summed E-state index contributed by atoms with van der Waals surface area (Å²) >= 11 is 0. The number of ether oxygens (including phenoxy) is 1. The van der Waals surface area contributed by atoms with Crippen molar-refractivity contribution in [3.63, 3.8) is 0 Å². The van der Waals surface area contributed by atoms with Gasteiger partial charge in [0.05, 0.1) is 5.60 Å². The number of hydrogen-bond donors (Lipinski definition) is 1. The van der Waals surface area contributed by atoms with Gasteiger partial charge in [-0.1, -0.05) is 0 Å². The fourth-order valence-corrected chi connectivity index (χ4v) is 9.86. The molecule has 24 heavy (non-hydrogen) atoms. The lowest BCUT2D eigenvalue weighted by Crippen LogP contribution is -2.60. The van der Waals surface area contributed by atoms with Gasteiger partial charge in [0, 0.05) is 12.0 Å². The van der Waals surface area contributed by atoms with Crippen LogP contribution in [0.3, 0.4) is 0 Å². The van der Waals surface area contributed by atoms with Crippen molar-refractivity contribution >= 4 is 0 Å². The van der Waals surface area contributed by atoms with Crippen molar-refractivity contribution in [2.75, 3.05) is 6.54 Å². The summed E-state index contributed by atoms with van der Waals surface area (Å²) in [4.78, 5) is 0. The van der Waals surface area contributed by atoms with E-state index in [0.717, 1.165) is 41.4 Å². The van der Waals surface area contributed by atoms with Crippen molar-refractivity contribution in [2.45, 2.75) is 82.5 Å². The van der Waals surface area contributed by atoms with Crippen LogP contribution in [0.2, 0.25) is 0 Å². The molecular weight excluding hydrogens is 294 g/mol. The van der Waals surface area contributed by atoms with Crippen LogP contribution >= 0.6 is 0 Å². The quantitative estimate of drug-likeness (QED) is 0.773. The lowest BCUT2D eigenvalue weighted by Gasteiger charge is -2.61. The monoisotopic (exact) mass is 327 g/mol. The molecule has 8 saturated carbocycles. The highest BCUT2D eigenvalue weighted by atomic mass is 16.5. The van der Waals surface area contributed by atoms with Gasteiger partial charge in [-0.05, 0) is 112 Å². The normalized spacial score (nSPS) is 66.0. The highest BCUT2D eigenvalue weighted by Crippen LogP contribution is 2.65. The lowest BCUT2D eigenvalue weighted by atomic mass is 9.49. The predicted molar refractivity (Wildman–Crippen MR) is 93.3 cm³/mol. The molecule has 1 unspecified atom stereocenters. The second-order valence-electron chi connectivity index (χ2n) is 11.4. The van der Waals surface area contributed by atoms with Crippen molar-refractivity contribution in [3.05, 3.63) is 0 Å². The molecule has 1 heterocycles. The van der Waals surface area contributed by atoms with Gasteiger partial charge in [0.2, 0.25) is 0 Å². The van der Waals surface area contributed by atoms with Gasteiger partial charge in [-0.2, -0.15) is 0 Å². The maximum Gasteiger partial charge on any atom is 0.114 e. The van der Waals surface area contributed by atoms with Crippen LogP contribution in [0.15, 0.2) is 0 Å². The van der Waals surface area contributed by atoms with Gasteiger partial charge in [-0.3, -0.25) is 5.32 Å². The van der Waals surface area contributed by atoms with Crippen molar-refractivity contribution in [3.8, 4) is 0 Å². The summed E-state index contributed by atoms with van der Waals surface area (Å²) in [6, 6.07) is 0. The summed E-state index contributed by atoms with van der Waals surface area (Å²) in [7, 11) is 0. The van der Waals surface area contributed by atoms with E-state index in [1.54, 1.807) is 25.7 Å². The highest BCUT2D eigenvalue weighted by molar-refractivity contribution is 5.14. The van der Waals surface area contributed by atoms with Gasteiger partial charge in [0.1, 0.15) is 6.23 Å². The summed E-state index contributed by atoms with van der Waals surface area (Å²) in [5.41, 5.74) is 0.772. The van der Waals surface area contributed by atoms with E-state index in [2.05, 4.69) is 5.32 Å². The Bertz CT molecular complexity index is 505. The summed E-state index contributed by atoms with van der Waals surface area (Å²) < 4.78 is 7.20. The fraction of sp³-hybridized carbons (Fsp3) is 1.00. The van der Waals surface area contributed by atoms with E-state index < -0.39 is 0 Å². The molecule has 9 fully saturated rings. The molecule has 9 rings (SSSR count). The highest BCUT2D eigenvalue weighted by Gasteiger charge is 2.64. The van der Waals surface area contributed by atoms with Gasteiger partial charge >= 0.3 is 0 Å². The van der Waals surface area contributed by atoms with Gasteiger partial charge in [-0.25, -0.2) is 0 Å². The van der Waals surface area contributed by atoms with Gasteiger partial charge in [0.25, 0.3) is 0 Å². The van der Waals surface area contributed by atoms with E-state index in [0.29, 0.717) is 11.6 Å². The minimum Gasteiger partial charge on any atom is -0.354 e. The molecule has 1 spiro atoms. The van der Waals surface area contributed by atoms with E-state index in [1.807, 2.05) is 0 Å². The molecule has 2 nitrogen and oxygen atoms in total. The Labute approximate surface area is 146 Å². The predicted octanol–water partition coefficient (Wildman–Crippen LogP) is 4.34. The van der Waals surface area contributed by atoms with Crippen molar-refractivity contribution in [1.82, 2.24) is 5.32 Å². The second kappa shape index (κ2) is 4.42. The largest absolute Gasteiger partial charge is 0.354 e. The maximum atomic E-state index is 7.20.